The SMILES string of the molecule is C[C@]1(CC(=O)O)C2=CC3NC(=Cc4[nH]c(c(CCC(=O)O)c4CC(=O)O)C[C@@H]4NC(C=C(N2)[C@H]1CCC(=O)O)C(CC(=O)O)=C4CCC(=O)O)[C@@](C)(CC(=O)O)[C@H]3CCC(=O)O. The lowest BCUT2D eigenvalue weighted by Gasteiger charge is -2.33. The summed E-state index contributed by atoms with van der Waals surface area (Å²) in [6.07, 6.45) is 0.473. The number of carbonyl (C=O) groups is 8. The van der Waals surface area contributed by atoms with Crippen LogP contribution in [-0.4, -0.2) is 112 Å². The molecule has 0 saturated carbocycles. The second-order valence-electron chi connectivity index (χ2n) is 16.9. The first-order chi connectivity index (χ1) is 29.0. The molecular weight excluding hydrogens is 816 g/mol. The molecule has 12 N–H and O–H groups in total. The molecule has 4 aliphatic heterocycles. The first kappa shape index (κ1) is 46.6. The fourth-order valence-corrected chi connectivity index (χ4v) is 9.99. The smallest absolute Gasteiger partial charge is 0.307 e. The monoisotopic (exact) mass is 868 g/mol. The van der Waals surface area contributed by atoms with Crippen LogP contribution in [0.1, 0.15) is 101 Å². The molecule has 4 aliphatic rings. The Morgan fingerprint density at radius 2 is 1.21 bits per heavy atom. The number of hydrogen-bond acceptors (Lipinski definition) is 11. The van der Waals surface area contributed by atoms with E-state index in [4.69, 9.17) is 0 Å². The van der Waals surface area contributed by atoms with Gasteiger partial charge in [-0.2, -0.15) is 0 Å². The van der Waals surface area contributed by atoms with Crippen molar-refractivity contribution in [3.05, 3.63) is 62.9 Å². The Morgan fingerprint density at radius 3 is 1.79 bits per heavy atom. The zero-order valence-corrected chi connectivity index (χ0v) is 34.2. The number of carboxylic acids is 8. The van der Waals surface area contributed by atoms with Crippen LogP contribution in [0.2, 0.25) is 0 Å². The summed E-state index contributed by atoms with van der Waals surface area (Å²) in [4.78, 5) is 101. The molecule has 20 nitrogen and oxygen atoms in total. The molecule has 1 aromatic heterocycles. The van der Waals surface area contributed by atoms with E-state index >= 15 is 0 Å². The van der Waals surface area contributed by atoms with Crippen LogP contribution >= 0.6 is 0 Å². The number of H-pyrrole nitrogens is 1. The second kappa shape index (κ2) is 18.7. The van der Waals surface area contributed by atoms with Crippen LogP contribution in [0.5, 0.6) is 0 Å². The molecule has 5 rings (SSSR count). The molecule has 2 unspecified atom stereocenters. The van der Waals surface area contributed by atoms with Crippen LogP contribution in [0.15, 0.2) is 40.4 Å². The van der Waals surface area contributed by atoms with Gasteiger partial charge in [0.25, 0.3) is 0 Å². The highest BCUT2D eigenvalue weighted by molar-refractivity contribution is 5.76. The van der Waals surface area contributed by atoms with Gasteiger partial charge in [-0.05, 0) is 66.5 Å². The molecular formula is C42H52N4O16. The Morgan fingerprint density at radius 1 is 0.629 bits per heavy atom. The van der Waals surface area contributed by atoms with E-state index in [0.29, 0.717) is 33.8 Å². The van der Waals surface area contributed by atoms with Gasteiger partial charge < -0.3 is 56.5 Å². The van der Waals surface area contributed by atoms with Gasteiger partial charge in [0.15, 0.2) is 0 Å². The van der Waals surface area contributed by atoms with Crippen molar-refractivity contribution in [1.82, 2.24) is 20.9 Å². The van der Waals surface area contributed by atoms with Gasteiger partial charge >= 0.3 is 47.8 Å². The van der Waals surface area contributed by atoms with Crippen LogP contribution in [-0.2, 0) is 57.6 Å². The number of aromatic amines is 1. The van der Waals surface area contributed by atoms with Crippen LogP contribution in [0.25, 0.3) is 6.08 Å². The second-order valence-corrected chi connectivity index (χ2v) is 16.9. The fraction of sp³-hybridized carbons (Fsp3) is 0.524. The Balaban J connectivity index is 1.90. The summed E-state index contributed by atoms with van der Waals surface area (Å²) >= 11 is 0. The molecule has 0 aromatic carbocycles. The standard InChI is InChI=1S/C42H52N4O16/c1-41(17-39(59)60)23(5-9-35(51)52)29-14-27-21(11-37(55)56)19(3-7-33(47)48)25(43-27)13-26-20(4-8-34(49)50)22(12-38(57)58)28(44-26)15-31-42(2,18-40(61)62)24(6-10-36(53)54)30(46-31)16-32(41)45-29/h14-16,23-25,27,30,43-46H,3-13,17-18H2,1-2H3,(H,47,48)(H,49,50)(H,51,52)(H,53,54)(H,55,56)(H,57,58)(H,59,60)(H,61,62)/t23-,24+,25+,27?,30?,41-,42+/m1/s1. The molecule has 0 spiro atoms. The highest BCUT2D eigenvalue weighted by atomic mass is 16.4. The number of carboxylic acid groups (broad SMARTS) is 8. The average Bonchev–Trinajstić information content (AvgIpc) is 3.77. The van der Waals surface area contributed by atoms with Gasteiger partial charge in [-0.3, -0.25) is 43.7 Å². The third-order valence-electron chi connectivity index (χ3n) is 12.8. The van der Waals surface area contributed by atoms with E-state index in [1.807, 2.05) is 0 Å². The first-order valence-electron chi connectivity index (χ1n) is 20.2. The minimum Gasteiger partial charge on any atom is -0.481 e. The van der Waals surface area contributed by atoms with Gasteiger partial charge in [0.1, 0.15) is 0 Å². The lowest BCUT2D eigenvalue weighted by atomic mass is 9.68. The zero-order valence-electron chi connectivity index (χ0n) is 34.2. The van der Waals surface area contributed by atoms with E-state index < -0.39 is 140 Å². The molecule has 8 bridgehead atoms. The number of fused-ring (bicyclic) bond motifs is 8. The maximum atomic E-state index is 12.6. The van der Waals surface area contributed by atoms with Crippen molar-refractivity contribution < 1.29 is 79.2 Å². The largest absolute Gasteiger partial charge is 0.481 e. The Labute approximate surface area is 354 Å². The minimum atomic E-state index is -1.37. The van der Waals surface area contributed by atoms with Gasteiger partial charge in [-0.25, -0.2) is 0 Å². The number of nitrogens with one attached hydrogen (secondary N) is 4. The van der Waals surface area contributed by atoms with Crippen molar-refractivity contribution in [3.8, 4) is 0 Å². The molecule has 1 aromatic rings. The molecule has 0 aliphatic carbocycles. The molecule has 20 heteroatoms. The lowest BCUT2D eigenvalue weighted by Crippen LogP contribution is -2.35. The number of aromatic nitrogens is 1. The van der Waals surface area contributed by atoms with E-state index in [0.717, 1.165) is 0 Å². The van der Waals surface area contributed by atoms with Gasteiger partial charge in [-0.1, -0.05) is 19.4 Å². The molecule has 5 heterocycles. The van der Waals surface area contributed by atoms with E-state index in [1.165, 1.54) is 6.08 Å². The summed E-state index contributed by atoms with van der Waals surface area (Å²) in [5.41, 5.74) is -0.0966. The summed E-state index contributed by atoms with van der Waals surface area (Å²) in [6, 6.07) is -2.65. The Bertz CT molecular complexity index is 2180. The molecule has 2 fully saturated rings. The average molecular weight is 869 g/mol. The summed E-state index contributed by atoms with van der Waals surface area (Å²) in [7, 11) is 0. The van der Waals surface area contributed by atoms with E-state index in [2.05, 4.69) is 20.9 Å². The van der Waals surface area contributed by atoms with Crippen LogP contribution in [0.4, 0.5) is 0 Å². The van der Waals surface area contributed by atoms with Crippen molar-refractivity contribution in [2.24, 2.45) is 22.7 Å². The molecule has 336 valence electrons. The van der Waals surface area contributed by atoms with Gasteiger partial charge in [0.2, 0.25) is 0 Å². The Hall–Kier alpha value is -6.44. The molecule has 2 saturated heterocycles. The van der Waals surface area contributed by atoms with Crippen molar-refractivity contribution in [2.75, 3.05) is 0 Å². The highest BCUT2D eigenvalue weighted by Crippen LogP contribution is 2.53. The van der Waals surface area contributed by atoms with Crippen molar-refractivity contribution in [3.63, 3.8) is 0 Å². The fourth-order valence-electron chi connectivity index (χ4n) is 9.99. The molecule has 0 amide bonds. The van der Waals surface area contributed by atoms with Crippen molar-refractivity contribution >= 4 is 53.8 Å². The number of allylic oxidation sites excluding steroid dienone is 3. The lowest BCUT2D eigenvalue weighted by molar-refractivity contribution is -0.141. The molecule has 62 heavy (non-hydrogen) atoms. The van der Waals surface area contributed by atoms with Crippen LogP contribution in [0, 0.1) is 22.7 Å². The van der Waals surface area contributed by atoms with Gasteiger partial charge in [0, 0.05) is 95.5 Å². The van der Waals surface area contributed by atoms with Crippen LogP contribution in [0.3, 0.4) is 0 Å². The highest BCUT2D eigenvalue weighted by Gasteiger charge is 2.53. The Kier molecular flexibility index (Phi) is 14.0. The van der Waals surface area contributed by atoms with Gasteiger partial charge in [-0.15, -0.1) is 0 Å². The predicted octanol–water partition coefficient (Wildman–Crippen LogP) is 2.80. The predicted molar refractivity (Wildman–Crippen MR) is 214 cm³/mol. The quantitative estimate of drug-likeness (QED) is 0.0838. The van der Waals surface area contributed by atoms with Crippen molar-refractivity contribution in [1.29, 1.82) is 0 Å². The summed E-state index contributed by atoms with van der Waals surface area (Å²) in [6.45, 7) is 3.25. The number of rotatable bonds is 20. The van der Waals surface area contributed by atoms with Crippen molar-refractivity contribution in [2.45, 2.75) is 115 Å². The van der Waals surface area contributed by atoms with E-state index in [1.54, 1.807) is 26.0 Å². The summed E-state index contributed by atoms with van der Waals surface area (Å²) in [5, 5.41) is 90.0. The van der Waals surface area contributed by atoms with Gasteiger partial charge in [0.05, 0.1) is 25.7 Å². The van der Waals surface area contributed by atoms with E-state index in [-0.39, 0.29) is 49.1 Å². The topological polar surface area (TPSA) is 350 Å². The number of hydrogen-bond donors (Lipinski definition) is 12. The maximum absolute atomic E-state index is 12.6. The summed E-state index contributed by atoms with van der Waals surface area (Å²) < 4.78 is 0. The third kappa shape index (κ3) is 10.4. The minimum absolute atomic E-state index is 0.0517. The third-order valence-corrected chi connectivity index (χ3v) is 12.8. The molecule has 0 radical (unpaired) electrons. The molecule has 7 atom stereocenters. The normalized spacial score (nSPS) is 26.4. The maximum Gasteiger partial charge on any atom is 0.307 e. The van der Waals surface area contributed by atoms with E-state index in [9.17, 15) is 79.2 Å². The summed E-state index contributed by atoms with van der Waals surface area (Å²) in [5.74, 6) is -11.3. The van der Waals surface area contributed by atoms with Crippen LogP contribution < -0.4 is 16.0 Å². The zero-order chi connectivity index (χ0) is 45.8. The number of aliphatic carboxylic acids is 8. The first-order valence-corrected chi connectivity index (χ1v) is 20.2.